The van der Waals surface area contributed by atoms with Crippen molar-refractivity contribution in [2.75, 3.05) is 0 Å². The number of hydrogen-bond acceptors (Lipinski definition) is 1. The van der Waals surface area contributed by atoms with E-state index in [0.717, 1.165) is 22.3 Å². The van der Waals surface area contributed by atoms with E-state index in [1.54, 1.807) is 6.08 Å². The molecule has 0 aliphatic carbocycles. The first-order chi connectivity index (χ1) is 11.8. The van der Waals surface area contributed by atoms with Gasteiger partial charge in [0, 0.05) is 5.57 Å². The van der Waals surface area contributed by atoms with E-state index in [9.17, 15) is 5.11 Å². The molecule has 1 N–H and O–H groups in total. The van der Waals surface area contributed by atoms with E-state index < -0.39 is 6.10 Å². The fraction of sp³-hybridized carbons (Fsp3) is 0.0870. The summed E-state index contributed by atoms with van der Waals surface area (Å²) >= 11 is 0. The van der Waals surface area contributed by atoms with Crippen molar-refractivity contribution in [1.29, 1.82) is 0 Å². The van der Waals surface area contributed by atoms with Crippen LogP contribution in [0.3, 0.4) is 0 Å². The van der Waals surface area contributed by atoms with Crippen LogP contribution in [0.25, 0.3) is 5.57 Å². The first-order valence-corrected chi connectivity index (χ1v) is 8.07. The number of rotatable bonds is 4. The van der Waals surface area contributed by atoms with Crippen LogP contribution in [0, 0.1) is 6.92 Å². The Morgan fingerprint density at radius 2 is 1.42 bits per heavy atom. The monoisotopic (exact) mass is 312 g/mol. The summed E-state index contributed by atoms with van der Waals surface area (Å²) in [5.74, 6) is 0. The van der Waals surface area contributed by atoms with Gasteiger partial charge in [-0.2, -0.15) is 0 Å². The average molecular weight is 312 g/mol. The fourth-order valence-electron chi connectivity index (χ4n) is 2.68. The highest BCUT2D eigenvalue weighted by Gasteiger charge is 2.07. The maximum atomic E-state index is 10.4. The van der Waals surface area contributed by atoms with Crippen LogP contribution < -0.4 is 0 Å². The number of aliphatic hydroxyl groups excluding tert-OH is 1. The number of hydrogen-bond donors (Lipinski definition) is 1. The molecule has 3 rings (SSSR count). The highest BCUT2D eigenvalue weighted by atomic mass is 16.3. The van der Waals surface area contributed by atoms with Crippen LogP contribution in [0.5, 0.6) is 0 Å². The highest BCUT2D eigenvalue weighted by Crippen LogP contribution is 2.25. The molecule has 0 unspecified atom stereocenters. The quantitative estimate of drug-likeness (QED) is 0.647. The molecule has 1 atom stereocenters. The minimum Gasteiger partial charge on any atom is -0.384 e. The lowest BCUT2D eigenvalue weighted by Gasteiger charge is -2.09. The van der Waals surface area contributed by atoms with Gasteiger partial charge in [0.15, 0.2) is 0 Å². The van der Waals surface area contributed by atoms with E-state index in [1.165, 1.54) is 5.56 Å². The van der Waals surface area contributed by atoms with Gasteiger partial charge in [0.25, 0.3) is 0 Å². The maximum Gasteiger partial charge on any atom is 0.105 e. The molecular weight excluding hydrogens is 292 g/mol. The van der Waals surface area contributed by atoms with E-state index >= 15 is 0 Å². The SMILES string of the molecule is Cc1ccccc1C(=C=C[C@H](O)c1ccccc1)c1ccccc1. The number of benzene rings is 3. The van der Waals surface area contributed by atoms with Crippen molar-refractivity contribution < 1.29 is 5.11 Å². The molecule has 0 spiro atoms. The summed E-state index contributed by atoms with van der Waals surface area (Å²) < 4.78 is 0. The van der Waals surface area contributed by atoms with Crippen LogP contribution in [0.1, 0.15) is 28.4 Å². The van der Waals surface area contributed by atoms with Gasteiger partial charge in [-0.15, -0.1) is 5.73 Å². The first-order valence-electron chi connectivity index (χ1n) is 8.07. The molecule has 0 heterocycles. The van der Waals surface area contributed by atoms with Gasteiger partial charge in [-0.05, 0) is 35.3 Å². The zero-order valence-electron chi connectivity index (χ0n) is 13.7. The van der Waals surface area contributed by atoms with Crippen LogP contribution in [-0.2, 0) is 0 Å². The third-order valence-corrected chi connectivity index (χ3v) is 4.00. The van der Waals surface area contributed by atoms with Crippen LogP contribution in [0.2, 0.25) is 0 Å². The molecule has 0 saturated carbocycles. The molecule has 0 amide bonds. The zero-order chi connectivity index (χ0) is 16.8. The Kier molecular flexibility index (Phi) is 5.08. The van der Waals surface area contributed by atoms with Crippen molar-refractivity contribution in [3.05, 3.63) is 119 Å². The van der Waals surface area contributed by atoms with Crippen LogP contribution in [-0.4, -0.2) is 5.11 Å². The van der Waals surface area contributed by atoms with Gasteiger partial charge in [-0.25, -0.2) is 0 Å². The van der Waals surface area contributed by atoms with Crippen LogP contribution in [0.4, 0.5) is 0 Å². The van der Waals surface area contributed by atoms with Gasteiger partial charge in [0.05, 0.1) is 0 Å². The Morgan fingerprint density at radius 1 is 0.833 bits per heavy atom. The van der Waals surface area contributed by atoms with E-state index in [4.69, 9.17) is 0 Å². The summed E-state index contributed by atoms with van der Waals surface area (Å²) in [5, 5.41) is 10.4. The van der Waals surface area contributed by atoms with Crippen molar-refractivity contribution in [2.45, 2.75) is 13.0 Å². The summed E-state index contributed by atoms with van der Waals surface area (Å²) in [6, 6.07) is 28.0. The summed E-state index contributed by atoms with van der Waals surface area (Å²) in [6.45, 7) is 2.09. The molecule has 0 fully saturated rings. The van der Waals surface area contributed by atoms with Gasteiger partial charge >= 0.3 is 0 Å². The summed E-state index contributed by atoms with van der Waals surface area (Å²) in [6.07, 6.45) is 1.05. The minimum atomic E-state index is -0.672. The van der Waals surface area contributed by atoms with Gasteiger partial charge in [0.1, 0.15) is 6.10 Å². The fourth-order valence-corrected chi connectivity index (χ4v) is 2.68. The van der Waals surface area contributed by atoms with E-state index in [1.807, 2.05) is 60.7 Å². The van der Waals surface area contributed by atoms with Gasteiger partial charge in [0.2, 0.25) is 0 Å². The number of aryl methyl sites for hydroxylation is 1. The molecule has 3 aromatic carbocycles. The molecule has 24 heavy (non-hydrogen) atoms. The van der Waals surface area contributed by atoms with Crippen LogP contribution >= 0.6 is 0 Å². The van der Waals surface area contributed by atoms with Crippen molar-refractivity contribution in [3.8, 4) is 0 Å². The molecule has 0 aliphatic rings. The second-order valence-electron chi connectivity index (χ2n) is 5.72. The van der Waals surface area contributed by atoms with Gasteiger partial charge in [-0.3, -0.25) is 0 Å². The Morgan fingerprint density at radius 3 is 2.08 bits per heavy atom. The predicted molar refractivity (Wildman–Crippen MR) is 99.6 cm³/mol. The highest BCUT2D eigenvalue weighted by molar-refractivity contribution is 5.80. The molecule has 0 aromatic heterocycles. The molecule has 1 nitrogen and oxygen atoms in total. The lowest BCUT2D eigenvalue weighted by molar-refractivity contribution is 0.229. The van der Waals surface area contributed by atoms with E-state index in [0.29, 0.717) is 0 Å². The lowest BCUT2D eigenvalue weighted by atomic mass is 9.95. The first kappa shape index (κ1) is 16.0. The van der Waals surface area contributed by atoms with Gasteiger partial charge in [-0.1, -0.05) is 84.9 Å². The Labute approximate surface area is 143 Å². The second kappa shape index (κ2) is 7.61. The summed E-state index contributed by atoms with van der Waals surface area (Å²) in [4.78, 5) is 0. The molecule has 0 saturated heterocycles. The van der Waals surface area contributed by atoms with Crippen molar-refractivity contribution in [2.24, 2.45) is 0 Å². The molecule has 0 aliphatic heterocycles. The standard InChI is InChI=1S/C23H20O/c1-18-10-8-9-15-21(18)22(19-11-4-2-5-12-19)16-17-23(24)20-13-6-3-7-14-20/h2-15,17,23-24H,1H3/t16?,23-/m0/s1. The second-order valence-corrected chi connectivity index (χ2v) is 5.72. The molecule has 118 valence electrons. The van der Waals surface area contributed by atoms with E-state index in [2.05, 4.69) is 36.9 Å². The summed E-state index contributed by atoms with van der Waals surface area (Å²) in [7, 11) is 0. The Balaban J connectivity index is 2.08. The molecule has 1 heteroatoms. The van der Waals surface area contributed by atoms with Crippen molar-refractivity contribution >= 4 is 5.57 Å². The third kappa shape index (κ3) is 3.72. The van der Waals surface area contributed by atoms with Crippen LogP contribution in [0.15, 0.2) is 96.7 Å². The lowest BCUT2D eigenvalue weighted by Crippen LogP contribution is -1.93. The number of aliphatic hydroxyl groups is 1. The third-order valence-electron chi connectivity index (χ3n) is 4.00. The maximum absolute atomic E-state index is 10.4. The predicted octanol–water partition coefficient (Wildman–Crippen LogP) is 5.32. The smallest absolute Gasteiger partial charge is 0.105 e. The minimum absolute atomic E-state index is 0.672. The Hall–Kier alpha value is -2.86. The molecule has 3 aromatic rings. The largest absolute Gasteiger partial charge is 0.384 e. The molecule has 0 radical (unpaired) electrons. The molecule has 0 bridgehead atoms. The Bertz CT molecular complexity index is 857. The summed E-state index contributed by atoms with van der Waals surface area (Å²) in [5.41, 5.74) is 8.58. The van der Waals surface area contributed by atoms with Crippen molar-refractivity contribution in [3.63, 3.8) is 0 Å². The van der Waals surface area contributed by atoms with E-state index in [-0.39, 0.29) is 0 Å². The average Bonchev–Trinajstić information content (AvgIpc) is 2.65. The van der Waals surface area contributed by atoms with Gasteiger partial charge < -0.3 is 5.11 Å². The van der Waals surface area contributed by atoms with Crippen molar-refractivity contribution in [1.82, 2.24) is 0 Å². The normalized spacial score (nSPS) is 11.4. The zero-order valence-corrected chi connectivity index (χ0v) is 13.7. The molecular formula is C23H20O. The topological polar surface area (TPSA) is 20.2 Å².